The summed E-state index contributed by atoms with van der Waals surface area (Å²) in [6.45, 7) is 2.56. The lowest BCUT2D eigenvalue weighted by molar-refractivity contribution is -0.120. The monoisotopic (exact) mass is 458 g/mol. The van der Waals surface area contributed by atoms with Crippen molar-refractivity contribution in [2.24, 2.45) is 0 Å². The molecule has 2 saturated heterocycles. The molecule has 34 heavy (non-hydrogen) atoms. The van der Waals surface area contributed by atoms with E-state index in [0.717, 1.165) is 54.3 Å². The van der Waals surface area contributed by atoms with Crippen molar-refractivity contribution in [3.63, 3.8) is 0 Å². The Labute approximate surface area is 199 Å². The molecular formula is C27H30N4O3. The van der Waals surface area contributed by atoms with Gasteiger partial charge in [-0.15, -0.1) is 0 Å². The molecule has 0 aliphatic carbocycles. The fourth-order valence-electron chi connectivity index (χ4n) is 5.91. The van der Waals surface area contributed by atoms with E-state index >= 15 is 0 Å². The van der Waals surface area contributed by atoms with Crippen LogP contribution in [0.1, 0.15) is 38.2 Å². The van der Waals surface area contributed by atoms with E-state index in [4.69, 9.17) is 9.47 Å². The van der Waals surface area contributed by atoms with Crippen molar-refractivity contribution in [3.05, 3.63) is 60.3 Å². The molecule has 3 aliphatic rings. The van der Waals surface area contributed by atoms with Gasteiger partial charge >= 0.3 is 0 Å². The molecule has 3 atom stereocenters. The number of piperidine rings is 1. The number of hydrogen-bond donors (Lipinski definition) is 2. The first-order chi connectivity index (χ1) is 16.6. The predicted molar refractivity (Wildman–Crippen MR) is 129 cm³/mol. The van der Waals surface area contributed by atoms with Crippen LogP contribution in [0.2, 0.25) is 0 Å². The zero-order chi connectivity index (χ0) is 23.1. The van der Waals surface area contributed by atoms with Crippen LogP contribution in [0.3, 0.4) is 0 Å². The van der Waals surface area contributed by atoms with Crippen LogP contribution in [0, 0.1) is 0 Å². The third kappa shape index (κ3) is 4.28. The third-order valence-corrected chi connectivity index (χ3v) is 7.39. The van der Waals surface area contributed by atoms with Gasteiger partial charge in [-0.3, -0.25) is 14.8 Å². The van der Waals surface area contributed by atoms with Gasteiger partial charge in [0.2, 0.25) is 5.91 Å². The summed E-state index contributed by atoms with van der Waals surface area (Å²) < 4.78 is 12.5. The average Bonchev–Trinajstić information content (AvgIpc) is 3.53. The quantitative estimate of drug-likeness (QED) is 0.576. The first-order valence-corrected chi connectivity index (χ1v) is 12.2. The minimum atomic E-state index is 0.0826. The fraction of sp³-hybridized carbons (Fsp3) is 0.407. The Balaban J connectivity index is 1.07. The highest BCUT2D eigenvalue weighted by Gasteiger charge is 2.42. The van der Waals surface area contributed by atoms with Gasteiger partial charge in [0.1, 0.15) is 23.4 Å². The summed E-state index contributed by atoms with van der Waals surface area (Å²) in [6, 6.07) is 17.5. The highest BCUT2D eigenvalue weighted by atomic mass is 16.5. The normalized spacial score (nSPS) is 25.6. The Hall–Kier alpha value is -3.32. The molecule has 1 amide bonds. The molecule has 2 fully saturated rings. The van der Waals surface area contributed by atoms with E-state index in [1.807, 2.05) is 42.5 Å². The van der Waals surface area contributed by atoms with Gasteiger partial charge in [0.05, 0.1) is 5.69 Å². The smallest absolute Gasteiger partial charge is 0.217 e. The number of rotatable bonds is 6. The zero-order valence-corrected chi connectivity index (χ0v) is 19.4. The number of nitrogens with zero attached hydrogens (tertiary/aromatic N) is 2. The van der Waals surface area contributed by atoms with Gasteiger partial charge in [0, 0.05) is 50.3 Å². The molecule has 3 aliphatic heterocycles. The number of amides is 1. The molecule has 0 radical (unpaired) electrons. The number of benzene rings is 2. The van der Waals surface area contributed by atoms with Gasteiger partial charge in [-0.1, -0.05) is 6.07 Å². The summed E-state index contributed by atoms with van der Waals surface area (Å²) in [5.74, 6) is 2.58. The average molecular weight is 459 g/mol. The lowest BCUT2D eigenvalue weighted by atomic mass is 9.96. The van der Waals surface area contributed by atoms with Crippen molar-refractivity contribution in [2.75, 3.05) is 6.54 Å². The molecule has 2 aromatic carbocycles. The second-order valence-corrected chi connectivity index (χ2v) is 9.76. The number of H-pyrrole nitrogens is 1. The van der Waals surface area contributed by atoms with Crippen molar-refractivity contribution < 1.29 is 14.3 Å². The van der Waals surface area contributed by atoms with Gasteiger partial charge in [0.25, 0.3) is 0 Å². The van der Waals surface area contributed by atoms with E-state index in [-0.39, 0.29) is 12.0 Å². The van der Waals surface area contributed by atoms with Gasteiger partial charge < -0.3 is 14.8 Å². The molecule has 3 unspecified atom stereocenters. The number of hydrogen-bond acceptors (Lipinski definition) is 5. The highest BCUT2D eigenvalue weighted by Crippen LogP contribution is 2.39. The van der Waals surface area contributed by atoms with Crippen molar-refractivity contribution in [2.45, 2.75) is 63.3 Å². The summed E-state index contributed by atoms with van der Waals surface area (Å²) in [7, 11) is 0. The molecule has 6 rings (SSSR count). The summed E-state index contributed by atoms with van der Waals surface area (Å²) >= 11 is 0. The Morgan fingerprint density at radius 2 is 1.88 bits per heavy atom. The van der Waals surface area contributed by atoms with Crippen LogP contribution in [0.25, 0.3) is 11.3 Å². The second kappa shape index (κ2) is 8.80. The lowest BCUT2D eigenvalue weighted by Gasteiger charge is -2.40. The van der Waals surface area contributed by atoms with E-state index < -0.39 is 0 Å². The first kappa shape index (κ1) is 21.2. The number of aromatic nitrogens is 2. The molecule has 4 heterocycles. The molecule has 176 valence electrons. The topological polar surface area (TPSA) is 79.5 Å². The van der Waals surface area contributed by atoms with Crippen LogP contribution in [0.5, 0.6) is 17.2 Å². The Morgan fingerprint density at radius 3 is 2.59 bits per heavy atom. The molecule has 7 heteroatoms. The number of carbonyl (C=O) groups excluding carboxylic acids is 1. The minimum Gasteiger partial charge on any atom is -0.488 e. The minimum absolute atomic E-state index is 0.0826. The summed E-state index contributed by atoms with van der Waals surface area (Å²) in [5, 5.41) is 10.1. The first-order valence-electron chi connectivity index (χ1n) is 12.2. The highest BCUT2D eigenvalue weighted by molar-refractivity contribution is 5.73. The fourth-order valence-corrected chi connectivity index (χ4v) is 5.91. The van der Waals surface area contributed by atoms with Gasteiger partial charge in [0.15, 0.2) is 0 Å². The molecule has 7 nitrogen and oxygen atoms in total. The number of ether oxygens (including phenoxy) is 2. The van der Waals surface area contributed by atoms with Crippen LogP contribution >= 0.6 is 0 Å². The van der Waals surface area contributed by atoms with Gasteiger partial charge in [-0.25, -0.2) is 0 Å². The van der Waals surface area contributed by atoms with Crippen molar-refractivity contribution in [1.29, 1.82) is 0 Å². The number of aromatic amines is 1. The van der Waals surface area contributed by atoms with Crippen LogP contribution in [-0.4, -0.2) is 51.8 Å². The predicted octanol–water partition coefficient (Wildman–Crippen LogP) is 4.30. The maximum atomic E-state index is 11.5. The van der Waals surface area contributed by atoms with Crippen LogP contribution in [0.15, 0.2) is 54.7 Å². The molecule has 2 N–H and O–H groups in total. The van der Waals surface area contributed by atoms with Crippen LogP contribution in [-0.2, 0) is 11.2 Å². The standard InChI is InChI=1S/C27H30N4O3/c1-17(32)29-20-13-21-5-6-22(14-20)31(21)16-25-12-19-4-9-24(15-27(19)34-25)33-23-7-2-18(3-8-23)26-10-11-28-30-26/h2-4,7-11,15,20-22,25H,5-6,12-14,16H2,1H3,(H,28,30)(H,29,32). The van der Waals surface area contributed by atoms with E-state index in [2.05, 4.69) is 26.5 Å². The number of carbonyl (C=O) groups is 1. The van der Waals surface area contributed by atoms with Crippen molar-refractivity contribution in [3.8, 4) is 28.5 Å². The van der Waals surface area contributed by atoms with Crippen molar-refractivity contribution in [1.82, 2.24) is 20.4 Å². The van der Waals surface area contributed by atoms with E-state index in [0.29, 0.717) is 18.1 Å². The van der Waals surface area contributed by atoms with Gasteiger partial charge in [-0.2, -0.15) is 5.10 Å². The summed E-state index contributed by atoms with van der Waals surface area (Å²) in [4.78, 5) is 14.1. The molecule has 0 saturated carbocycles. The SMILES string of the molecule is CC(=O)NC1CC2CCC(C1)N2CC1Cc2ccc(Oc3ccc(-c4ccn[nH]4)cc3)cc2O1. The van der Waals surface area contributed by atoms with Crippen molar-refractivity contribution >= 4 is 5.91 Å². The molecular weight excluding hydrogens is 428 g/mol. The van der Waals surface area contributed by atoms with E-state index in [1.54, 1.807) is 13.1 Å². The molecule has 2 bridgehead atoms. The lowest BCUT2D eigenvalue weighted by Crippen LogP contribution is -2.52. The van der Waals surface area contributed by atoms with E-state index in [9.17, 15) is 4.79 Å². The Bertz CT molecular complexity index is 1150. The summed E-state index contributed by atoms with van der Waals surface area (Å²) in [5.41, 5.74) is 3.30. The molecule has 1 aromatic heterocycles. The largest absolute Gasteiger partial charge is 0.488 e. The van der Waals surface area contributed by atoms with Crippen LogP contribution < -0.4 is 14.8 Å². The van der Waals surface area contributed by atoms with Crippen LogP contribution in [0.4, 0.5) is 0 Å². The Kier molecular flexibility index (Phi) is 5.49. The van der Waals surface area contributed by atoms with Gasteiger partial charge in [-0.05, 0) is 73.2 Å². The zero-order valence-electron chi connectivity index (χ0n) is 19.4. The third-order valence-electron chi connectivity index (χ3n) is 7.39. The summed E-state index contributed by atoms with van der Waals surface area (Å²) in [6.07, 6.45) is 7.38. The molecule has 3 aromatic rings. The Morgan fingerprint density at radius 1 is 1.12 bits per heavy atom. The number of nitrogens with one attached hydrogen (secondary N) is 2. The van der Waals surface area contributed by atoms with E-state index in [1.165, 1.54) is 18.4 Å². The maximum Gasteiger partial charge on any atom is 0.217 e. The molecule has 0 spiro atoms. The second-order valence-electron chi connectivity index (χ2n) is 9.76. The maximum absolute atomic E-state index is 11.5. The number of fused-ring (bicyclic) bond motifs is 3.